The second-order valence-electron chi connectivity index (χ2n) is 3.95. The minimum Gasteiger partial charge on any atom is -0.325 e. The van der Waals surface area contributed by atoms with Gasteiger partial charge in [0.2, 0.25) is 0 Å². The lowest BCUT2D eigenvalue weighted by Gasteiger charge is -2.10. The van der Waals surface area contributed by atoms with Gasteiger partial charge in [-0.15, -0.1) is 0 Å². The Hall–Kier alpha value is -1.99. The van der Waals surface area contributed by atoms with E-state index >= 15 is 0 Å². The van der Waals surface area contributed by atoms with Gasteiger partial charge in [0.05, 0.1) is 17.6 Å². The van der Waals surface area contributed by atoms with E-state index in [0.29, 0.717) is 11.4 Å². The lowest BCUT2D eigenvalue weighted by atomic mass is 10.3. The van der Waals surface area contributed by atoms with E-state index in [1.165, 1.54) is 18.5 Å². The lowest BCUT2D eigenvalue weighted by Crippen LogP contribution is -2.17. The van der Waals surface area contributed by atoms with Crippen LogP contribution >= 0.6 is 0 Å². The topological polar surface area (TPSA) is 98.0 Å². The van der Waals surface area contributed by atoms with Gasteiger partial charge >= 0.3 is 0 Å². The summed E-state index contributed by atoms with van der Waals surface area (Å²) in [4.78, 5) is 8.07. The van der Waals surface area contributed by atoms with Gasteiger partial charge in [0, 0.05) is 18.4 Å². The molecule has 0 atom stereocenters. The van der Waals surface area contributed by atoms with E-state index in [1.54, 1.807) is 18.2 Å². The molecule has 0 radical (unpaired) electrons. The average molecular weight is 278 g/mol. The Kier molecular flexibility index (Phi) is 3.77. The molecule has 0 saturated heterocycles. The summed E-state index contributed by atoms with van der Waals surface area (Å²) < 4.78 is 26.9. The number of anilines is 1. The number of sulfonamides is 1. The van der Waals surface area contributed by atoms with E-state index in [9.17, 15) is 8.42 Å². The number of rotatable bonds is 4. The Bertz CT molecular complexity index is 668. The Labute approximate surface area is 111 Å². The van der Waals surface area contributed by atoms with Crippen LogP contribution in [0, 0.1) is 6.92 Å². The highest BCUT2D eigenvalue weighted by Gasteiger charge is 2.18. The Morgan fingerprint density at radius 3 is 2.68 bits per heavy atom. The van der Waals surface area contributed by atoms with Crippen molar-refractivity contribution in [3.63, 3.8) is 0 Å². The minimum atomic E-state index is -3.70. The first-order valence-corrected chi connectivity index (χ1v) is 7.10. The molecule has 0 bridgehead atoms. The molecule has 0 spiro atoms. The maximum absolute atomic E-state index is 12.2. The summed E-state index contributed by atoms with van der Waals surface area (Å²) >= 11 is 0. The predicted molar refractivity (Wildman–Crippen MR) is 71.9 cm³/mol. The second-order valence-corrected chi connectivity index (χ2v) is 5.60. The SMILES string of the molecule is Cc1ccc(NS(=O)(=O)c2cccnc2CN)cn1. The van der Waals surface area contributed by atoms with E-state index in [1.807, 2.05) is 6.92 Å². The highest BCUT2D eigenvalue weighted by Crippen LogP contribution is 2.17. The van der Waals surface area contributed by atoms with Gasteiger partial charge in [0.15, 0.2) is 0 Å². The average Bonchev–Trinajstić information content (AvgIpc) is 2.41. The molecule has 7 heteroatoms. The molecule has 2 heterocycles. The van der Waals surface area contributed by atoms with Gasteiger partial charge in [-0.2, -0.15) is 0 Å². The fourth-order valence-electron chi connectivity index (χ4n) is 1.56. The van der Waals surface area contributed by atoms with Gasteiger partial charge in [0.25, 0.3) is 10.0 Å². The zero-order chi connectivity index (χ0) is 13.9. The van der Waals surface area contributed by atoms with Gasteiger partial charge in [-0.05, 0) is 31.2 Å². The predicted octanol–water partition coefficient (Wildman–Crippen LogP) is 1.04. The Balaban J connectivity index is 2.35. The highest BCUT2D eigenvalue weighted by molar-refractivity contribution is 7.92. The summed E-state index contributed by atoms with van der Waals surface area (Å²) in [6.45, 7) is 1.88. The fraction of sp³-hybridized carbons (Fsp3) is 0.167. The van der Waals surface area contributed by atoms with Crippen LogP contribution in [0.25, 0.3) is 0 Å². The third kappa shape index (κ3) is 3.07. The first-order valence-electron chi connectivity index (χ1n) is 5.62. The van der Waals surface area contributed by atoms with Crippen molar-refractivity contribution in [2.45, 2.75) is 18.4 Å². The maximum atomic E-state index is 12.2. The van der Waals surface area contributed by atoms with Crippen LogP contribution < -0.4 is 10.5 Å². The normalized spacial score (nSPS) is 11.3. The molecule has 0 aliphatic heterocycles. The van der Waals surface area contributed by atoms with E-state index in [-0.39, 0.29) is 11.4 Å². The molecule has 3 N–H and O–H groups in total. The third-order valence-corrected chi connectivity index (χ3v) is 3.95. The van der Waals surface area contributed by atoms with Crippen molar-refractivity contribution < 1.29 is 8.42 Å². The van der Waals surface area contributed by atoms with Crippen molar-refractivity contribution in [2.75, 3.05) is 4.72 Å². The third-order valence-electron chi connectivity index (χ3n) is 2.49. The Morgan fingerprint density at radius 1 is 1.26 bits per heavy atom. The van der Waals surface area contributed by atoms with Crippen LogP contribution in [0.4, 0.5) is 5.69 Å². The van der Waals surface area contributed by atoms with Crippen molar-refractivity contribution in [1.29, 1.82) is 0 Å². The summed E-state index contributed by atoms with van der Waals surface area (Å²) in [5, 5.41) is 0. The molecule has 0 aromatic carbocycles. The van der Waals surface area contributed by atoms with Crippen molar-refractivity contribution >= 4 is 15.7 Å². The number of nitrogens with two attached hydrogens (primary N) is 1. The standard InChI is InChI=1S/C12H14N4O2S/c1-9-4-5-10(8-15-9)16-19(17,18)12-3-2-6-14-11(12)7-13/h2-6,8,16H,7,13H2,1H3. The zero-order valence-corrected chi connectivity index (χ0v) is 11.2. The molecule has 0 aliphatic rings. The monoisotopic (exact) mass is 278 g/mol. The number of hydrogen-bond donors (Lipinski definition) is 2. The zero-order valence-electron chi connectivity index (χ0n) is 10.4. The summed E-state index contributed by atoms with van der Waals surface area (Å²) in [6, 6.07) is 6.41. The second kappa shape index (κ2) is 5.33. The molecular weight excluding hydrogens is 264 g/mol. The maximum Gasteiger partial charge on any atom is 0.263 e. The lowest BCUT2D eigenvalue weighted by molar-refractivity contribution is 0.599. The van der Waals surface area contributed by atoms with Crippen molar-refractivity contribution in [3.8, 4) is 0 Å². The highest BCUT2D eigenvalue weighted by atomic mass is 32.2. The van der Waals surface area contributed by atoms with Gasteiger partial charge in [-0.3, -0.25) is 14.7 Å². The number of hydrogen-bond acceptors (Lipinski definition) is 5. The number of pyridine rings is 2. The summed E-state index contributed by atoms with van der Waals surface area (Å²) in [7, 11) is -3.70. The first kappa shape index (κ1) is 13.4. The first-order chi connectivity index (χ1) is 9.03. The molecule has 2 rings (SSSR count). The largest absolute Gasteiger partial charge is 0.325 e. The number of aromatic nitrogens is 2. The molecule has 2 aromatic rings. The summed E-state index contributed by atoms with van der Waals surface area (Å²) in [6.07, 6.45) is 2.97. The van der Waals surface area contributed by atoms with Crippen LogP contribution in [0.1, 0.15) is 11.4 Å². The van der Waals surface area contributed by atoms with E-state index in [0.717, 1.165) is 5.69 Å². The molecule has 0 aliphatic carbocycles. The fourth-order valence-corrected chi connectivity index (χ4v) is 2.80. The van der Waals surface area contributed by atoms with Gasteiger partial charge < -0.3 is 5.73 Å². The number of nitrogens with zero attached hydrogens (tertiary/aromatic N) is 2. The Morgan fingerprint density at radius 2 is 2.05 bits per heavy atom. The van der Waals surface area contributed by atoms with Crippen molar-refractivity contribution in [3.05, 3.63) is 48.0 Å². The number of aryl methyl sites for hydroxylation is 1. The smallest absolute Gasteiger partial charge is 0.263 e. The molecule has 100 valence electrons. The van der Waals surface area contributed by atoms with Gasteiger partial charge in [0.1, 0.15) is 4.90 Å². The molecule has 6 nitrogen and oxygen atoms in total. The summed E-state index contributed by atoms with van der Waals surface area (Å²) in [5.74, 6) is 0. The molecular formula is C12H14N4O2S. The van der Waals surface area contributed by atoms with Gasteiger partial charge in [-0.25, -0.2) is 8.42 Å². The van der Waals surface area contributed by atoms with Crippen LogP contribution in [0.15, 0.2) is 41.6 Å². The van der Waals surface area contributed by atoms with E-state index in [4.69, 9.17) is 5.73 Å². The molecule has 0 amide bonds. The summed E-state index contributed by atoms with van der Waals surface area (Å²) in [5.41, 5.74) is 7.03. The molecule has 19 heavy (non-hydrogen) atoms. The van der Waals surface area contributed by atoms with E-state index in [2.05, 4.69) is 14.7 Å². The van der Waals surface area contributed by atoms with E-state index < -0.39 is 10.0 Å². The molecule has 0 fully saturated rings. The number of nitrogens with one attached hydrogen (secondary N) is 1. The van der Waals surface area contributed by atoms with Crippen LogP contribution in [-0.2, 0) is 16.6 Å². The van der Waals surface area contributed by atoms with Crippen LogP contribution in [0.2, 0.25) is 0 Å². The van der Waals surface area contributed by atoms with Crippen molar-refractivity contribution in [2.24, 2.45) is 5.73 Å². The van der Waals surface area contributed by atoms with Crippen LogP contribution in [-0.4, -0.2) is 18.4 Å². The van der Waals surface area contributed by atoms with Crippen LogP contribution in [0.3, 0.4) is 0 Å². The molecule has 0 unspecified atom stereocenters. The van der Waals surface area contributed by atoms with Crippen molar-refractivity contribution in [1.82, 2.24) is 9.97 Å². The van der Waals surface area contributed by atoms with Gasteiger partial charge in [-0.1, -0.05) is 0 Å². The minimum absolute atomic E-state index is 0.0588. The molecule has 0 saturated carbocycles. The van der Waals surface area contributed by atoms with Crippen LogP contribution in [0.5, 0.6) is 0 Å². The molecule has 2 aromatic heterocycles. The quantitative estimate of drug-likeness (QED) is 0.871.